The van der Waals surface area contributed by atoms with Crippen molar-refractivity contribution in [2.75, 3.05) is 5.75 Å². The molecular weight excluding hydrogens is 491 g/mol. The summed E-state index contributed by atoms with van der Waals surface area (Å²) in [7, 11) is -3.74. The van der Waals surface area contributed by atoms with E-state index in [-0.39, 0.29) is 22.7 Å². The lowest BCUT2D eigenvalue weighted by Crippen LogP contribution is -2.31. The number of aromatic nitrogens is 2. The number of benzene rings is 1. The molecule has 6 nitrogen and oxygen atoms in total. The Morgan fingerprint density at radius 3 is 2.41 bits per heavy atom. The van der Waals surface area contributed by atoms with E-state index < -0.39 is 27.7 Å². The summed E-state index contributed by atoms with van der Waals surface area (Å²) < 4.78 is 66.4. The Morgan fingerprint density at radius 2 is 1.85 bits per heavy atom. The first kappa shape index (κ1) is 27.9. The maximum absolute atomic E-state index is 12.9. The highest BCUT2D eigenvalue weighted by atomic mass is 35.5. The van der Waals surface area contributed by atoms with Crippen LogP contribution < -0.4 is 4.72 Å². The SMILES string of the molecule is CCCCCS(=O)(=O)NC(=O)/C=C/c1cc(C(C)(C)C)nn1Cc1ccc(C(F)(F)F)cc1Cl. The molecule has 34 heavy (non-hydrogen) atoms. The maximum atomic E-state index is 12.9. The molecule has 0 radical (unpaired) electrons. The van der Waals surface area contributed by atoms with Gasteiger partial charge in [0.1, 0.15) is 0 Å². The van der Waals surface area contributed by atoms with Gasteiger partial charge in [0, 0.05) is 16.5 Å². The summed E-state index contributed by atoms with van der Waals surface area (Å²) in [6.07, 6.45) is 0.0469. The van der Waals surface area contributed by atoms with Crippen molar-refractivity contribution in [3.8, 4) is 0 Å². The third-order valence-corrected chi connectivity index (χ3v) is 6.65. The molecule has 0 atom stereocenters. The van der Waals surface area contributed by atoms with Gasteiger partial charge in [-0.3, -0.25) is 9.48 Å². The minimum Gasteiger partial charge on any atom is -0.269 e. The Bertz CT molecular complexity index is 1150. The van der Waals surface area contributed by atoms with Gasteiger partial charge in [-0.15, -0.1) is 0 Å². The number of carbonyl (C=O) groups excluding carboxylic acids is 1. The van der Waals surface area contributed by atoms with E-state index in [2.05, 4.69) is 5.10 Å². The molecule has 1 N–H and O–H groups in total. The summed E-state index contributed by atoms with van der Waals surface area (Å²) in [6, 6.07) is 4.82. The van der Waals surface area contributed by atoms with Crippen molar-refractivity contribution in [1.82, 2.24) is 14.5 Å². The first-order valence-electron chi connectivity index (χ1n) is 10.8. The number of amides is 1. The molecule has 0 unspecified atom stereocenters. The lowest BCUT2D eigenvalue weighted by molar-refractivity contribution is -0.137. The molecule has 2 aromatic rings. The van der Waals surface area contributed by atoms with Crippen LogP contribution in [0.15, 0.2) is 30.3 Å². The number of hydrogen-bond donors (Lipinski definition) is 1. The first-order chi connectivity index (χ1) is 15.6. The van der Waals surface area contributed by atoms with Crippen molar-refractivity contribution in [2.45, 2.75) is 65.1 Å². The van der Waals surface area contributed by atoms with Gasteiger partial charge >= 0.3 is 6.18 Å². The van der Waals surface area contributed by atoms with E-state index in [0.717, 1.165) is 31.1 Å². The van der Waals surface area contributed by atoms with Gasteiger partial charge in [0.05, 0.1) is 29.2 Å². The molecule has 1 aromatic heterocycles. The lowest BCUT2D eigenvalue weighted by atomic mass is 9.92. The van der Waals surface area contributed by atoms with Crippen LogP contribution in [0.25, 0.3) is 6.08 Å². The average molecular weight is 520 g/mol. The van der Waals surface area contributed by atoms with Crippen LogP contribution in [-0.4, -0.2) is 29.9 Å². The standard InChI is InChI=1S/C23H29ClF3N3O3S/c1-5-6-7-12-34(32,33)29-21(31)11-10-18-14-20(22(2,3)4)28-30(18)15-16-8-9-17(13-19(16)24)23(25,26)27/h8-11,13-14H,5-7,12,15H2,1-4H3,(H,29,31)/b11-10+. The zero-order valence-electron chi connectivity index (χ0n) is 19.5. The number of alkyl halides is 3. The molecule has 0 saturated carbocycles. The molecule has 1 heterocycles. The summed E-state index contributed by atoms with van der Waals surface area (Å²) in [6.45, 7) is 7.82. The van der Waals surface area contributed by atoms with Crippen molar-refractivity contribution >= 4 is 33.6 Å². The third kappa shape index (κ3) is 8.16. The number of carbonyl (C=O) groups is 1. The number of hydrogen-bond acceptors (Lipinski definition) is 4. The summed E-state index contributed by atoms with van der Waals surface area (Å²) >= 11 is 6.10. The zero-order chi connectivity index (χ0) is 25.7. The van der Waals surface area contributed by atoms with E-state index in [1.165, 1.54) is 16.8 Å². The molecule has 2 rings (SSSR count). The number of nitrogens with one attached hydrogen (secondary N) is 1. The predicted molar refractivity (Wildman–Crippen MR) is 127 cm³/mol. The molecule has 11 heteroatoms. The first-order valence-corrected chi connectivity index (χ1v) is 12.8. The van der Waals surface area contributed by atoms with Gasteiger partial charge in [0.25, 0.3) is 5.91 Å². The van der Waals surface area contributed by atoms with Crippen LogP contribution in [0, 0.1) is 0 Å². The van der Waals surface area contributed by atoms with Gasteiger partial charge in [-0.05, 0) is 36.3 Å². The minimum absolute atomic E-state index is 0.0592. The smallest absolute Gasteiger partial charge is 0.269 e. The highest BCUT2D eigenvalue weighted by molar-refractivity contribution is 7.90. The number of unbranched alkanes of at least 4 members (excludes halogenated alkanes) is 2. The number of sulfonamides is 1. The molecule has 188 valence electrons. The second kappa shape index (κ2) is 10.9. The van der Waals surface area contributed by atoms with Crippen molar-refractivity contribution in [2.24, 2.45) is 0 Å². The molecule has 0 aliphatic heterocycles. The molecule has 1 aromatic carbocycles. The predicted octanol–water partition coefficient (Wildman–Crippen LogP) is 5.55. The Morgan fingerprint density at radius 1 is 1.18 bits per heavy atom. The average Bonchev–Trinajstić information content (AvgIpc) is 3.10. The number of rotatable bonds is 9. The topological polar surface area (TPSA) is 81.1 Å². The highest BCUT2D eigenvalue weighted by Gasteiger charge is 2.31. The van der Waals surface area contributed by atoms with Gasteiger partial charge in [-0.1, -0.05) is 58.2 Å². The van der Waals surface area contributed by atoms with E-state index in [4.69, 9.17) is 11.6 Å². The summed E-state index contributed by atoms with van der Waals surface area (Å²) in [5, 5.41) is 4.46. The van der Waals surface area contributed by atoms with E-state index in [0.29, 0.717) is 23.4 Å². The van der Waals surface area contributed by atoms with E-state index in [1.54, 1.807) is 6.07 Å². The van der Waals surface area contributed by atoms with Crippen molar-refractivity contribution in [3.05, 3.63) is 57.9 Å². The van der Waals surface area contributed by atoms with Gasteiger partial charge in [0.2, 0.25) is 10.0 Å². The second-order valence-corrected chi connectivity index (χ2v) is 11.2. The van der Waals surface area contributed by atoms with Crippen LogP contribution >= 0.6 is 11.6 Å². The Labute approximate surface area is 203 Å². The van der Waals surface area contributed by atoms with Crippen LogP contribution in [0.5, 0.6) is 0 Å². The third-order valence-electron chi connectivity index (χ3n) is 4.96. The summed E-state index contributed by atoms with van der Waals surface area (Å²) in [5.41, 5.74) is 0.370. The van der Waals surface area contributed by atoms with Crippen LogP contribution in [-0.2, 0) is 33.0 Å². The van der Waals surface area contributed by atoms with Gasteiger partial charge in [0.15, 0.2) is 0 Å². The van der Waals surface area contributed by atoms with Crippen molar-refractivity contribution in [3.63, 3.8) is 0 Å². The fourth-order valence-electron chi connectivity index (χ4n) is 3.01. The lowest BCUT2D eigenvalue weighted by Gasteiger charge is -2.14. The van der Waals surface area contributed by atoms with Crippen LogP contribution in [0.4, 0.5) is 13.2 Å². The molecule has 0 aliphatic carbocycles. The Hall–Kier alpha value is -2.33. The minimum atomic E-state index is -4.51. The Balaban J connectivity index is 2.28. The molecule has 1 amide bonds. The highest BCUT2D eigenvalue weighted by Crippen LogP contribution is 2.32. The van der Waals surface area contributed by atoms with Crippen LogP contribution in [0.1, 0.15) is 69.5 Å². The van der Waals surface area contributed by atoms with E-state index >= 15 is 0 Å². The number of nitrogens with zero attached hydrogens (tertiary/aromatic N) is 2. The van der Waals surface area contributed by atoms with E-state index in [9.17, 15) is 26.4 Å². The maximum Gasteiger partial charge on any atom is 0.416 e. The zero-order valence-corrected chi connectivity index (χ0v) is 21.1. The van der Waals surface area contributed by atoms with Crippen LogP contribution in [0.2, 0.25) is 5.02 Å². The molecule has 0 spiro atoms. The molecule has 0 aliphatic rings. The van der Waals surface area contributed by atoms with Gasteiger partial charge < -0.3 is 0 Å². The van der Waals surface area contributed by atoms with Crippen molar-refractivity contribution < 1.29 is 26.4 Å². The fraction of sp³-hybridized carbons (Fsp3) is 0.478. The molecule has 0 fully saturated rings. The Kier molecular flexibility index (Phi) is 8.98. The largest absolute Gasteiger partial charge is 0.416 e. The molecular formula is C23H29ClF3N3O3S. The summed E-state index contributed by atoms with van der Waals surface area (Å²) in [4.78, 5) is 12.2. The second-order valence-electron chi connectivity index (χ2n) is 8.99. The number of halogens is 4. The van der Waals surface area contributed by atoms with Crippen LogP contribution in [0.3, 0.4) is 0 Å². The van der Waals surface area contributed by atoms with Gasteiger partial charge in [-0.2, -0.15) is 18.3 Å². The van der Waals surface area contributed by atoms with E-state index in [1.807, 2.05) is 32.4 Å². The summed E-state index contributed by atoms with van der Waals surface area (Å²) in [5.74, 6) is -0.937. The molecule has 0 saturated heterocycles. The monoisotopic (exact) mass is 519 g/mol. The molecule has 0 bridgehead atoms. The quantitative estimate of drug-likeness (QED) is 0.348. The fourth-order valence-corrected chi connectivity index (χ4v) is 4.31. The van der Waals surface area contributed by atoms with Crippen molar-refractivity contribution in [1.29, 1.82) is 0 Å². The normalized spacial score (nSPS) is 12.9. The van der Waals surface area contributed by atoms with Gasteiger partial charge in [-0.25, -0.2) is 13.1 Å².